The van der Waals surface area contributed by atoms with Gasteiger partial charge in [-0.05, 0) is 30.9 Å². The molecule has 1 aliphatic carbocycles. The molecule has 2 aromatic heterocycles. The normalized spacial score (nSPS) is 15.2. The Kier molecular flexibility index (Phi) is 2.33. The summed E-state index contributed by atoms with van der Waals surface area (Å²) < 4.78 is 3.80. The first kappa shape index (κ1) is 10.7. The third-order valence-corrected chi connectivity index (χ3v) is 3.46. The summed E-state index contributed by atoms with van der Waals surface area (Å²) in [4.78, 5) is 0. The summed E-state index contributed by atoms with van der Waals surface area (Å²) in [5.41, 5.74) is 2.86. The molecule has 1 aromatic carbocycles. The fourth-order valence-corrected chi connectivity index (χ4v) is 2.25. The molecule has 1 aliphatic rings. The van der Waals surface area contributed by atoms with Crippen LogP contribution in [0.4, 0.5) is 0 Å². The van der Waals surface area contributed by atoms with Gasteiger partial charge in [-0.2, -0.15) is 0 Å². The predicted octanol–water partition coefficient (Wildman–Crippen LogP) is 1.48. The molecule has 1 saturated carbocycles. The second kappa shape index (κ2) is 4.15. The van der Waals surface area contributed by atoms with Crippen molar-refractivity contribution in [1.82, 2.24) is 30.0 Å². The third kappa shape index (κ3) is 2.09. The molecule has 0 amide bonds. The van der Waals surface area contributed by atoms with Crippen LogP contribution in [0.5, 0.6) is 0 Å². The smallest absolute Gasteiger partial charge is 0.113 e. The monoisotopic (exact) mass is 254 g/mol. The third-order valence-electron chi connectivity index (χ3n) is 3.46. The number of hydrogen-bond acceptors (Lipinski definition) is 4. The van der Waals surface area contributed by atoms with Crippen molar-refractivity contribution in [2.75, 3.05) is 0 Å². The summed E-state index contributed by atoms with van der Waals surface area (Å²) >= 11 is 0. The van der Waals surface area contributed by atoms with Crippen molar-refractivity contribution in [3.05, 3.63) is 36.2 Å². The van der Waals surface area contributed by atoms with E-state index >= 15 is 0 Å². The molecule has 0 unspecified atom stereocenters. The Morgan fingerprint density at radius 2 is 2.00 bits per heavy atom. The fourth-order valence-electron chi connectivity index (χ4n) is 2.25. The highest BCUT2D eigenvalue weighted by atomic mass is 15.5. The molecule has 6 heteroatoms. The van der Waals surface area contributed by atoms with E-state index in [0.29, 0.717) is 6.54 Å². The van der Waals surface area contributed by atoms with Crippen LogP contribution >= 0.6 is 0 Å². The predicted molar refractivity (Wildman–Crippen MR) is 69.4 cm³/mol. The van der Waals surface area contributed by atoms with Crippen LogP contribution in [0.1, 0.15) is 18.5 Å². The average molecular weight is 254 g/mol. The van der Waals surface area contributed by atoms with Gasteiger partial charge in [-0.1, -0.05) is 22.6 Å². The summed E-state index contributed by atoms with van der Waals surface area (Å²) in [5, 5.41) is 16.7. The van der Waals surface area contributed by atoms with Crippen molar-refractivity contribution in [1.29, 1.82) is 0 Å². The summed E-state index contributed by atoms with van der Waals surface area (Å²) in [6.07, 6.45) is 4.65. The molecule has 4 rings (SSSR count). The zero-order valence-corrected chi connectivity index (χ0v) is 10.5. The maximum atomic E-state index is 4.20. The van der Waals surface area contributed by atoms with Crippen molar-refractivity contribution in [2.24, 2.45) is 5.92 Å². The maximum absolute atomic E-state index is 4.20. The number of para-hydroxylation sites is 1. The number of fused-ring (bicyclic) bond motifs is 1. The highest BCUT2D eigenvalue weighted by molar-refractivity contribution is 5.73. The first-order valence-electron chi connectivity index (χ1n) is 6.56. The van der Waals surface area contributed by atoms with Crippen molar-refractivity contribution < 1.29 is 0 Å². The topological polar surface area (TPSA) is 61.4 Å². The number of hydrogen-bond donors (Lipinski definition) is 0. The standard InChI is InChI=1S/C13H14N6/c1-2-4-13-12(3-1)15-17-19(13)9-11-8-18(16-14-11)7-10-5-6-10/h1-4,8,10H,5-7,9H2. The first-order valence-corrected chi connectivity index (χ1v) is 6.56. The van der Waals surface area contributed by atoms with Gasteiger partial charge in [-0.3, -0.25) is 4.68 Å². The van der Waals surface area contributed by atoms with Crippen molar-refractivity contribution in [3.8, 4) is 0 Å². The van der Waals surface area contributed by atoms with E-state index < -0.39 is 0 Å². The summed E-state index contributed by atoms with van der Waals surface area (Å²) in [7, 11) is 0. The molecule has 0 spiro atoms. The van der Waals surface area contributed by atoms with Gasteiger partial charge in [0, 0.05) is 6.54 Å². The number of nitrogens with zero attached hydrogens (tertiary/aromatic N) is 6. The SMILES string of the molecule is c1ccc2c(c1)nnn2Cc1cn(CC2CC2)nn1. The molecule has 0 N–H and O–H groups in total. The van der Waals surface area contributed by atoms with Crippen molar-refractivity contribution in [3.63, 3.8) is 0 Å². The van der Waals surface area contributed by atoms with Gasteiger partial charge in [0.2, 0.25) is 0 Å². The summed E-state index contributed by atoms with van der Waals surface area (Å²) in [6, 6.07) is 7.94. The molecule has 0 bridgehead atoms. The Bertz CT molecular complexity index is 709. The number of aromatic nitrogens is 6. The zero-order chi connectivity index (χ0) is 12.7. The van der Waals surface area contributed by atoms with E-state index in [1.165, 1.54) is 12.8 Å². The quantitative estimate of drug-likeness (QED) is 0.707. The molecule has 2 heterocycles. The van der Waals surface area contributed by atoms with Crippen LogP contribution < -0.4 is 0 Å². The highest BCUT2D eigenvalue weighted by Crippen LogP contribution is 2.30. The lowest BCUT2D eigenvalue weighted by Gasteiger charge is -1.98. The lowest BCUT2D eigenvalue weighted by Crippen LogP contribution is -2.02. The van der Waals surface area contributed by atoms with E-state index in [4.69, 9.17) is 0 Å². The average Bonchev–Trinajstić information content (AvgIpc) is 2.98. The molecule has 3 aromatic rings. The van der Waals surface area contributed by atoms with Crippen LogP contribution in [0.2, 0.25) is 0 Å². The Hall–Kier alpha value is -2.24. The van der Waals surface area contributed by atoms with E-state index in [-0.39, 0.29) is 0 Å². The van der Waals surface area contributed by atoms with E-state index in [1.807, 2.05) is 39.8 Å². The van der Waals surface area contributed by atoms with Gasteiger partial charge in [0.05, 0.1) is 18.3 Å². The van der Waals surface area contributed by atoms with Gasteiger partial charge in [-0.25, -0.2) is 4.68 Å². The van der Waals surface area contributed by atoms with Crippen LogP contribution in [0.25, 0.3) is 11.0 Å². The van der Waals surface area contributed by atoms with E-state index in [9.17, 15) is 0 Å². The fraction of sp³-hybridized carbons (Fsp3) is 0.385. The number of rotatable bonds is 4. The van der Waals surface area contributed by atoms with Crippen LogP contribution in [-0.4, -0.2) is 30.0 Å². The molecule has 0 atom stereocenters. The van der Waals surface area contributed by atoms with Gasteiger partial charge in [0.25, 0.3) is 0 Å². The Labute approximate surface area is 110 Å². The molecule has 0 aliphatic heterocycles. The largest absolute Gasteiger partial charge is 0.252 e. The van der Waals surface area contributed by atoms with Crippen LogP contribution in [0, 0.1) is 5.92 Å². The lowest BCUT2D eigenvalue weighted by atomic mass is 10.3. The van der Waals surface area contributed by atoms with Gasteiger partial charge in [0.1, 0.15) is 11.2 Å². The minimum atomic E-state index is 0.616. The molecule has 1 fully saturated rings. The molecular formula is C13H14N6. The van der Waals surface area contributed by atoms with E-state index in [0.717, 1.165) is 29.2 Å². The minimum Gasteiger partial charge on any atom is -0.252 e. The first-order chi connectivity index (χ1) is 9.38. The second-order valence-electron chi connectivity index (χ2n) is 5.11. The van der Waals surface area contributed by atoms with E-state index in [2.05, 4.69) is 20.6 Å². The van der Waals surface area contributed by atoms with Gasteiger partial charge >= 0.3 is 0 Å². The zero-order valence-electron chi connectivity index (χ0n) is 10.5. The van der Waals surface area contributed by atoms with Crippen LogP contribution in [0.3, 0.4) is 0 Å². The van der Waals surface area contributed by atoms with Gasteiger partial charge < -0.3 is 0 Å². The molecule has 6 nitrogen and oxygen atoms in total. The van der Waals surface area contributed by atoms with Crippen molar-refractivity contribution in [2.45, 2.75) is 25.9 Å². The minimum absolute atomic E-state index is 0.616. The van der Waals surface area contributed by atoms with Crippen molar-refractivity contribution >= 4 is 11.0 Å². The van der Waals surface area contributed by atoms with Gasteiger partial charge in [-0.15, -0.1) is 10.2 Å². The summed E-state index contributed by atoms with van der Waals surface area (Å²) in [5.74, 6) is 0.807. The molecule has 19 heavy (non-hydrogen) atoms. The van der Waals surface area contributed by atoms with Gasteiger partial charge in [0.15, 0.2) is 0 Å². The number of benzene rings is 1. The molecular weight excluding hydrogens is 240 g/mol. The Balaban J connectivity index is 1.58. The van der Waals surface area contributed by atoms with Crippen LogP contribution in [-0.2, 0) is 13.1 Å². The van der Waals surface area contributed by atoms with Crippen LogP contribution in [0.15, 0.2) is 30.5 Å². The van der Waals surface area contributed by atoms with E-state index in [1.54, 1.807) is 0 Å². The maximum Gasteiger partial charge on any atom is 0.113 e. The molecule has 96 valence electrons. The Morgan fingerprint density at radius 1 is 1.11 bits per heavy atom. The molecule has 0 radical (unpaired) electrons. The molecule has 0 saturated heterocycles. The lowest BCUT2D eigenvalue weighted by molar-refractivity contribution is 0.544. The summed E-state index contributed by atoms with van der Waals surface area (Å²) in [6.45, 7) is 1.61. The Morgan fingerprint density at radius 3 is 2.89 bits per heavy atom. The highest BCUT2D eigenvalue weighted by Gasteiger charge is 2.22. The second-order valence-corrected chi connectivity index (χ2v) is 5.11.